The van der Waals surface area contributed by atoms with Crippen molar-refractivity contribution in [2.45, 2.75) is 115 Å². The molecule has 4 saturated carbocycles. The highest BCUT2D eigenvalue weighted by Gasteiger charge is 2.76. The molecule has 1 N–H and O–H groups in total. The highest BCUT2D eigenvalue weighted by Crippen LogP contribution is 2.69. The molecule has 18 heteroatoms. The fourth-order valence-corrected chi connectivity index (χ4v) is 11.2. The lowest BCUT2D eigenvalue weighted by Gasteiger charge is -2.64. The summed E-state index contributed by atoms with van der Waals surface area (Å²) in [5, 5.41) is 0. The molecular formula is C31H42F6O11S. The van der Waals surface area contributed by atoms with E-state index in [1.165, 1.54) is 0 Å². The minimum Gasteiger partial charge on any atom is -0.465 e. The molecule has 0 aromatic heterocycles. The van der Waals surface area contributed by atoms with Gasteiger partial charge < -0.3 is 18.9 Å². The van der Waals surface area contributed by atoms with Gasteiger partial charge in [-0.3, -0.25) is 23.7 Å². The van der Waals surface area contributed by atoms with Crippen LogP contribution in [0.5, 0.6) is 0 Å². The van der Waals surface area contributed by atoms with Crippen LogP contribution >= 0.6 is 0 Å². The molecule has 0 aliphatic heterocycles. The monoisotopic (exact) mass is 736 g/mol. The van der Waals surface area contributed by atoms with Crippen LogP contribution in [0.4, 0.5) is 26.3 Å². The van der Waals surface area contributed by atoms with Crippen molar-refractivity contribution in [1.82, 2.24) is 0 Å². The SMILES string of the molecule is C[C@H](CCC(=O)OC(CS(=O)(=O)O)(C(F)(F)F)C(F)(F)F)C1CC[C@H]2[C@@H]3C(OC=O)CC4CC(OC=O)CCC4(C)[C@H]3CC(OC=O)C12C. The van der Waals surface area contributed by atoms with E-state index in [2.05, 4.69) is 11.7 Å². The topological polar surface area (TPSA) is 160 Å². The molecule has 4 rings (SSSR count). The fourth-order valence-electron chi connectivity index (χ4n) is 10.3. The molecule has 49 heavy (non-hydrogen) atoms. The van der Waals surface area contributed by atoms with Crippen LogP contribution in [0.25, 0.3) is 0 Å². The van der Waals surface area contributed by atoms with E-state index in [9.17, 15) is 53.9 Å². The molecule has 4 fully saturated rings. The largest absolute Gasteiger partial charge is 0.465 e. The summed E-state index contributed by atoms with van der Waals surface area (Å²) in [5.74, 6) is -6.19. The maximum atomic E-state index is 13.7. The lowest BCUT2D eigenvalue weighted by molar-refractivity contribution is -0.361. The lowest BCUT2D eigenvalue weighted by Crippen LogP contribution is -2.63. The predicted molar refractivity (Wildman–Crippen MR) is 155 cm³/mol. The van der Waals surface area contributed by atoms with Gasteiger partial charge in [0.05, 0.1) is 0 Å². The number of fused-ring (bicyclic) bond motifs is 5. The first-order chi connectivity index (χ1) is 22.6. The van der Waals surface area contributed by atoms with E-state index in [1.54, 1.807) is 6.92 Å². The zero-order valence-electron chi connectivity index (χ0n) is 27.2. The van der Waals surface area contributed by atoms with Crippen LogP contribution in [0.1, 0.15) is 78.6 Å². The third-order valence-electron chi connectivity index (χ3n) is 12.5. The van der Waals surface area contributed by atoms with Crippen LogP contribution < -0.4 is 0 Å². The van der Waals surface area contributed by atoms with Crippen molar-refractivity contribution in [1.29, 1.82) is 0 Å². The summed E-state index contributed by atoms with van der Waals surface area (Å²) in [6.07, 6.45) is -11.6. The minimum absolute atomic E-state index is 0.0297. The number of esters is 1. The molecule has 4 aliphatic carbocycles. The zero-order chi connectivity index (χ0) is 36.8. The molecule has 0 bridgehead atoms. The maximum Gasteiger partial charge on any atom is 0.438 e. The van der Waals surface area contributed by atoms with E-state index in [-0.39, 0.29) is 47.5 Å². The van der Waals surface area contributed by atoms with Crippen molar-refractivity contribution in [2.24, 2.45) is 46.3 Å². The quantitative estimate of drug-likeness (QED) is 0.0871. The van der Waals surface area contributed by atoms with Crippen molar-refractivity contribution < 1.29 is 77.4 Å². The number of alkyl halides is 6. The van der Waals surface area contributed by atoms with Gasteiger partial charge in [-0.25, -0.2) is 0 Å². The van der Waals surface area contributed by atoms with Crippen molar-refractivity contribution in [3.63, 3.8) is 0 Å². The molecule has 11 atom stereocenters. The Morgan fingerprint density at radius 1 is 0.898 bits per heavy atom. The number of carbonyl (C=O) groups excluding carboxylic acids is 4. The van der Waals surface area contributed by atoms with Gasteiger partial charge in [0.2, 0.25) is 0 Å². The van der Waals surface area contributed by atoms with Crippen molar-refractivity contribution >= 4 is 35.5 Å². The number of halogens is 6. The second-order valence-electron chi connectivity index (χ2n) is 14.7. The highest BCUT2D eigenvalue weighted by atomic mass is 32.2. The summed E-state index contributed by atoms with van der Waals surface area (Å²) in [6, 6.07) is 0. The molecule has 4 aliphatic rings. The first kappa shape index (κ1) is 39.2. The Hall–Kier alpha value is -2.63. The van der Waals surface area contributed by atoms with Crippen LogP contribution in [-0.4, -0.2) is 80.4 Å². The average molecular weight is 737 g/mol. The predicted octanol–water partition coefficient (Wildman–Crippen LogP) is 5.20. The molecule has 7 unspecified atom stereocenters. The van der Waals surface area contributed by atoms with E-state index in [0.717, 1.165) is 0 Å². The molecule has 280 valence electrons. The van der Waals surface area contributed by atoms with Gasteiger partial charge in [0.15, 0.2) is 0 Å². The number of carbonyl (C=O) groups is 4. The number of hydrogen-bond donors (Lipinski definition) is 1. The highest BCUT2D eigenvalue weighted by molar-refractivity contribution is 7.85. The van der Waals surface area contributed by atoms with Crippen LogP contribution in [0.15, 0.2) is 0 Å². The summed E-state index contributed by atoms with van der Waals surface area (Å²) in [6.45, 7) is 6.86. The molecule has 11 nitrogen and oxygen atoms in total. The normalized spacial score (nSPS) is 37.0. The first-order valence-corrected chi connectivity index (χ1v) is 17.8. The molecule has 0 aromatic carbocycles. The smallest absolute Gasteiger partial charge is 0.438 e. The molecule has 0 spiro atoms. The van der Waals surface area contributed by atoms with E-state index in [0.29, 0.717) is 64.4 Å². The van der Waals surface area contributed by atoms with Gasteiger partial charge in [0, 0.05) is 17.8 Å². The van der Waals surface area contributed by atoms with Gasteiger partial charge in [-0.05, 0) is 86.4 Å². The summed E-state index contributed by atoms with van der Waals surface area (Å²) in [7, 11) is -5.92. The van der Waals surface area contributed by atoms with Crippen molar-refractivity contribution in [3.8, 4) is 0 Å². The van der Waals surface area contributed by atoms with E-state index in [4.69, 9.17) is 18.8 Å². The Morgan fingerprint density at radius 2 is 1.51 bits per heavy atom. The molecular weight excluding hydrogens is 694 g/mol. The number of ether oxygens (including phenoxy) is 4. The second-order valence-corrected chi connectivity index (χ2v) is 16.1. The van der Waals surface area contributed by atoms with E-state index >= 15 is 0 Å². The van der Waals surface area contributed by atoms with Crippen LogP contribution in [-0.2, 0) is 48.2 Å². The van der Waals surface area contributed by atoms with E-state index in [1.807, 2.05) is 6.92 Å². The number of hydrogen-bond acceptors (Lipinski definition) is 10. The Balaban J connectivity index is 1.59. The second kappa shape index (κ2) is 13.8. The standard InChI is InChI=1S/C31H42F6O11S/c1-17(4-7-25(41)48-29(30(32,33)34,31(35,36)37)13-49(42,43)44)20-5-6-21-26-22(12-24(47-16-40)28(20,21)3)27(2)9-8-19(45-14-38)10-18(27)11-23(26)46-15-39/h14-24,26H,4-13H2,1-3H3,(H,42,43,44)/t17-,18?,19?,20?,21+,22+,23?,24?,26+,27?,28?/m1/s1. The van der Waals surface area contributed by atoms with Crippen LogP contribution in [0.2, 0.25) is 0 Å². The molecule has 0 saturated heterocycles. The third kappa shape index (κ3) is 7.13. The summed E-state index contributed by atoms with van der Waals surface area (Å²) >= 11 is 0. The van der Waals surface area contributed by atoms with Crippen LogP contribution in [0, 0.1) is 46.3 Å². The maximum absolute atomic E-state index is 13.7. The fraction of sp³-hybridized carbons (Fsp3) is 0.871. The van der Waals surface area contributed by atoms with Gasteiger partial charge >= 0.3 is 23.9 Å². The summed E-state index contributed by atoms with van der Waals surface area (Å²) < 4.78 is 134. The van der Waals surface area contributed by atoms with E-state index < -0.39 is 69.8 Å². The van der Waals surface area contributed by atoms with Gasteiger partial charge in [-0.2, -0.15) is 34.8 Å². The Labute approximate surface area is 279 Å². The van der Waals surface area contributed by atoms with Crippen molar-refractivity contribution in [3.05, 3.63) is 0 Å². The number of rotatable bonds is 13. The molecule has 0 aromatic rings. The Kier molecular flexibility index (Phi) is 11.1. The lowest BCUT2D eigenvalue weighted by atomic mass is 9.43. The molecule has 0 radical (unpaired) electrons. The molecule has 0 heterocycles. The van der Waals surface area contributed by atoms with Crippen molar-refractivity contribution in [2.75, 3.05) is 5.75 Å². The summed E-state index contributed by atoms with van der Waals surface area (Å²) in [4.78, 5) is 47.2. The summed E-state index contributed by atoms with van der Waals surface area (Å²) in [5.41, 5.74) is -6.55. The van der Waals surface area contributed by atoms with Gasteiger partial charge in [-0.1, -0.05) is 20.8 Å². The molecule has 0 amide bonds. The Bertz CT molecular complexity index is 1340. The third-order valence-corrected chi connectivity index (χ3v) is 13.3. The minimum atomic E-state index is -6.43. The van der Waals surface area contributed by atoms with Gasteiger partial charge in [0.25, 0.3) is 29.5 Å². The van der Waals surface area contributed by atoms with Gasteiger partial charge in [0.1, 0.15) is 24.1 Å². The zero-order valence-corrected chi connectivity index (χ0v) is 28.0. The van der Waals surface area contributed by atoms with Gasteiger partial charge in [-0.15, -0.1) is 0 Å². The Morgan fingerprint density at radius 3 is 2.06 bits per heavy atom. The average Bonchev–Trinajstić information content (AvgIpc) is 3.33. The first-order valence-electron chi connectivity index (χ1n) is 16.2. The van der Waals surface area contributed by atoms with Crippen LogP contribution in [0.3, 0.4) is 0 Å².